The number of benzene rings is 3. The number of pyridine rings is 1. The van der Waals surface area contributed by atoms with Crippen molar-refractivity contribution in [1.82, 2.24) is 15.2 Å². The summed E-state index contributed by atoms with van der Waals surface area (Å²) in [5.74, 6) is 0. The molecule has 0 radical (unpaired) electrons. The van der Waals surface area contributed by atoms with Gasteiger partial charge >= 0.3 is 7.60 Å². The number of aromatic nitrogens is 3. The fraction of sp³-hybridized carbons (Fsp3) is 0.138. The molecule has 0 unspecified atom stereocenters. The van der Waals surface area contributed by atoms with Crippen molar-refractivity contribution in [2.24, 2.45) is 0 Å². The molecule has 0 aliphatic carbocycles. The number of hydrogen-bond acceptors (Lipinski definition) is 6. The van der Waals surface area contributed by atoms with Crippen LogP contribution in [0.25, 0.3) is 22.0 Å². The Morgan fingerprint density at radius 3 is 2.00 bits per heavy atom. The minimum absolute atomic E-state index is 0.219. The molecular weight excluding hydrogens is 485 g/mol. The first-order valence-corrected chi connectivity index (χ1v) is 13.7. The standard InChI is InChI=1S/C29H26N3O4P/c33-29-27-19-30-28(17-26(27)18-31-32-29)25-13-11-22(12-14-25)15-16-37(34,35-20-23-7-3-1-4-8-23)36-21-24-9-5-2-6-10-24/h1-14,17-19H,15-16,20-21H2,(H,32,33). The summed E-state index contributed by atoms with van der Waals surface area (Å²) in [6.07, 6.45) is 3.96. The van der Waals surface area contributed by atoms with Crippen LogP contribution in [0.3, 0.4) is 0 Å². The molecule has 0 aliphatic heterocycles. The summed E-state index contributed by atoms with van der Waals surface area (Å²) in [6, 6.07) is 29.1. The lowest BCUT2D eigenvalue weighted by Crippen LogP contribution is -2.07. The van der Waals surface area contributed by atoms with E-state index in [1.54, 1.807) is 12.4 Å². The van der Waals surface area contributed by atoms with Gasteiger partial charge in [-0.2, -0.15) is 5.10 Å². The topological polar surface area (TPSA) is 94.2 Å². The third-order valence-electron chi connectivity index (χ3n) is 6.02. The number of hydrogen-bond donors (Lipinski definition) is 1. The van der Waals surface area contributed by atoms with Crippen LogP contribution in [0.5, 0.6) is 0 Å². The van der Waals surface area contributed by atoms with Gasteiger partial charge in [-0.15, -0.1) is 0 Å². The summed E-state index contributed by atoms with van der Waals surface area (Å²) < 4.78 is 25.5. The number of nitrogens with one attached hydrogen (secondary N) is 1. The maximum atomic E-state index is 13.7. The molecule has 8 heteroatoms. The highest BCUT2D eigenvalue weighted by atomic mass is 31.2. The van der Waals surface area contributed by atoms with E-state index in [2.05, 4.69) is 15.2 Å². The van der Waals surface area contributed by atoms with Gasteiger partial charge in [-0.3, -0.25) is 14.3 Å². The largest absolute Gasteiger partial charge is 0.331 e. The van der Waals surface area contributed by atoms with Crippen molar-refractivity contribution < 1.29 is 13.6 Å². The second kappa shape index (κ2) is 11.4. The normalized spacial score (nSPS) is 11.6. The second-order valence-electron chi connectivity index (χ2n) is 8.66. The highest BCUT2D eigenvalue weighted by molar-refractivity contribution is 7.53. The summed E-state index contributed by atoms with van der Waals surface area (Å²) in [7, 11) is -3.37. The van der Waals surface area contributed by atoms with Crippen LogP contribution in [-0.4, -0.2) is 21.3 Å². The van der Waals surface area contributed by atoms with E-state index in [0.717, 1.165) is 33.3 Å². The monoisotopic (exact) mass is 511 g/mol. The van der Waals surface area contributed by atoms with Crippen molar-refractivity contribution in [1.29, 1.82) is 0 Å². The number of nitrogens with zero attached hydrogens (tertiary/aromatic N) is 2. The van der Waals surface area contributed by atoms with E-state index in [1.165, 1.54) is 0 Å². The third-order valence-corrected chi connectivity index (χ3v) is 7.83. The van der Waals surface area contributed by atoms with Crippen LogP contribution < -0.4 is 5.56 Å². The lowest BCUT2D eigenvalue weighted by Gasteiger charge is -2.19. The van der Waals surface area contributed by atoms with Crippen LogP contribution >= 0.6 is 7.60 Å². The Kier molecular flexibility index (Phi) is 7.66. The van der Waals surface area contributed by atoms with Gasteiger partial charge in [0, 0.05) is 17.1 Å². The highest BCUT2D eigenvalue weighted by Gasteiger charge is 2.25. The second-order valence-corrected chi connectivity index (χ2v) is 10.8. The summed E-state index contributed by atoms with van der Waals surface area (Å²) in [5, 5.41) is 7.50. The Labute approximate surface area is 214 Å². The molecule has 0 aliphatic rings. The van der Waals surface area contributed by atoms with E-state index in [0.29, 0.717) is 11.8 Å². The van der Waals surface area contributed by atoms with E-state index in [-0.39, 0.29) is 24.9 Å². The summed E-state index contributed by atoms with van der Waals surface area (Å²) >= 11 is 0. The van der Waals surface area contributed by atoms with Crippen LogP contribution in [0, 0.1) is 0 Å². The molecule has 0 saturated carbocycles. The first-order valence-electron chi connectivity index (χ1n) is 12.0. The van der Waals surface area contributed by atoms with E-state index < -0.39 is 7.60 Å². The van der Waals surface area contributed by atoms with E-state index in [1.807, 2.05) is 91.0 Å². The molecule has 0 fully saturated rings. The fourth-order valence-electron chi connectivity index (χ4n) is 3.91. The summed E-state index contributed by atoms with van der Waals surface area (Å²) in [4.78, 5) is 16.3. The predicted molar refractivity (Wildman–Crippen MR) is 144 cm³/mol. The van der Waals surface area contributed by atoms with Gasteiger partial charge in [-0.05, 0) is 29.2 Å². The van der Waals surface area contributed by atoms with Gasteiger partial charge in [0.05, 0.1) is 36.7 Å². The van der Waals surface area contributed by atoms with Gasteiger partial charge < -0.3 is 9.05 Å². The Balaban J connectivity index is 1.28. The molecule has 7 nitrogen and oxygen atoms in total. The van der Waals surface area contributed by atoms with Crippen molar-refractivity contribution in [2.75, 3.05) is 6.16 Å². The minimum Gasteiger partial charge on any atom is -0.304 e. The summed E-state index contributed by atoms with van der Waals surface area (Å²) in [5.41, 5.74) is 4.28. The molecule has 3 aromatic carbocycles. The average Bonchev–Trinajstić information content (AvgIpc) is 2.95. The third kappa shape index (κ3) is 6.46. The van der Waals surface area contributed by atoms with Crippen LogP contribution in [-0.2, 0) is 33.2 Å². The number of fused-ring (bicyclic) bond motifs is 1. The minimum atomic E-state index is -3.37. The molecule has 2 heterocycles. The van der Waals surface area contributed by atoms with Gasteiger partial charge in [0.1, 0.15) is 0 Å². The molecule has 37 heavy (non-hydrogen) atoms. The quantitative estimate of drug-likeness (QED) is 0.226. The molecule has 2 aromatic heterocycles. The predicted octanol–water partition coefficient (Wildman–Crippen LogP) is 6.15. The van der Waals surface area contributed by atoms with Gasteiger partial charge in [0.15, 0.2) is 0 Å². The van der Waals surface area contributed by atoms with Crippen LogP contribution in [0.4, 0.5) is 0 Å². The zero-order chi connectivity index (χ0) is 25.5. The number of aromatic amines is 1. The molecule has 186 valence electrons. The molecule has 0 saturated heterocycles. The van der Waals surface area contributed by atoms with Crippen molar-refractivity contribution in [2.45, 2.75) is 19.6 Å². The molecule has 1 N–H and O–H groups in total. The molecule has 5 rings (SSSR count). The fourth-order valence-corrected chi connectivity index (χ4v) is 5.47. The summed E-state index contributed by atoms with van der Waals surface area (Å²) in [6.45, 7) is 0.439. The zero-order valence-corrected chi connectivity index (χ0v) is 21.0. The maximum Gasteiger partial charge on any atom is 0.331 e. The smallest absolute Gasteiger partial charge is 0.304 e. The lowest BCUT2D eigenvalue weighted by atomic mass is 10.1. The van der Waals surface area contributed by atoms with E-state index >= 15 is 0 Å². The molecule has 0 atom stereocenters. The van der Waals surface area contributed by atoms with Crippen LogP contribution in [0.2, 0.25) is 0 Å². The van der Waals surface area contributed by atoms with Crippen molar-refractivity contribution in [3.8, 4) is 11.3 Å². The van der Waals surface area contributed by atoms with Crippen LogP contribution in [0.1, 0.15) is 16.7 Å². The number of rotatable bonds is 10. The molecule has 0 bridgehead atoms. The Morgan fingerprint density at radius 2 is 1.38 bits per heavy atom. The van der Waals surface area contributed by atoms with Crippen LogP contribution in [0.15, 0.2) is 108 Å². The zero-order valence-electron chi connectivity index (χ0n) is 20.1. The Hall–Kier alpha value is -3.90. The van der Waals surface area contributed by atoms with Gasteiger partial charge in [-0.1, -0.05) is 84.9 Å². The average molecular weight is 512 g/mol. The van der Waals surface area contributed by atoms with Crippen molar-refractivity contribution in [3.63, 3.8) is 0 Å². The number of H-pyrrole nitrogens is 1. The maximum absolute atomic E-state index is 13.7. The van der Waals surface area contributed by atoms with E-state index in [9.17, 15) is 9.36 Å². The Morgan fingerprint density at radius 1 is 0.757 bits per heavy atom. The van der Waals surface area contributed by atoms with E-state index in [4.69, 9.17) is 9.05 Å². The molecule has 0 spiro atoms. The highest BCUT2D eigenvalue weighted by Crippen LogP contribution is 2.50. The van der Waals surface area contributed by atoms with Gasteiger partial charge in [-0.25, -0.2) is 5.10 Å². The first-order chi connectivity index (χ1) is 18.1. The molecular formula is C29H26N3O4P. The van der Waals surface area contributed by atoms with Crippen molar-refractivity contribution in [3.05, 3.63) is 130 Å². The SMILES string of the molecule is O=c1[nH]ncc2cc(-c3ccc(CCP(=O)(OCc4ccccc4)OCc4ccccc4)cc3)ncc12. The number of aryl methyl sites for hydroxylation is 1. The lowest BCUT2D eigenvalue weighted by molar-refractivity contribution is 0.191. The van der Waals surface area contributed by atoms with Gasteiger partial charge in [0.2, 0.25) is 0 Å². The van der Waals surface area contributed by atoms with Gasteiger partial charge in [0.25, 0.3) is 5.56 Å². The van der Waals surface area contributed by atoms with Crippen molar-refractivity contribution >= 4 is 18.4 Å². The molecule has 0 amide bonds. The molecule has 5 aromatic rings. The Bertz CT molecular complexity index is 1530. The first kappa shape index (κ1) is 24.8.